The van der Waals surface area contributed by atoms with Crippen LogP contribution in [0.1, 0.15) is 15.9 Å². The molecule has 6 nitrogen and oxygen atoms in total. The lowest BCUT2D eigenvalue weighted by atomic mass is 10.2. The van der Waals surface area contributed by atoms with E-state index in [1.807, 2.05) is 12.1 Å². The van der Waals surface area contributed by atoms with Crippen LogP contribution in [0.25, 0.3) is 0 Å². The average molecular weight is 534 g/mol. The van der Waals surface area contributed by atoms with Gasteiger partial charge in [0.15, 0.2) is 6.61 Å². The van der Waals surface area contributed by atoms with E-state index in [-0.39, 0.29) is 18.4 Å². The molecule has 0 saturated carbocycles. The van der Waals surface area contributed by atoms with Crippen LogP contribution >= 0.6 is 34.2 Å². The summed E-state index contributed by atoms with van der Waals surface area (Å²) in [5, 5.41) is 7.28. The van der Waals surface area contributed by atoms with Crippen molar-refractivity contribution in [1.29, 1.82) is 0 Å². The van der Waals surface area contributed by atoms with Crippen LogP contribution in [0.3, 0.4) is 0 Å². The lowest BCUT2D eigenvalue weighted by molar-refractivity contribution is -0.118. The van der Waals surface area contributed by atoms with E-state index in [4.69, 9.17) is 16.3 Å². The van der Waals surface area contributed by atoms with E-state index in [0.717, 1.165) is 9.13 Å². The number of rotatable bonds is 7. The highest BCUT2D eigenvalue weighted by Gasteiger charge is 2.05. The first kappa shape index (κ1) is 21.8. The minimum atomic E-state index is -0.281. The molecule has 0 saturated heterocycles. The molecule has 2 amide bonds. The highest BCUT2D eigenvalue weighted by molar-refractivity contribution is 14.1. The summed E-state index contributed by atoms with van der Waals surface area (Å²) < 4.78 is 6.45. The second-order valence-electron chi connectivity index (χ2n) is 6.12. The third-order valence-corrected chi connectivity index (χ3v) is 4.77. The van der Waals surface area contributed by atoms with Crippen molar-refractivity contribution in [2.24, 2.45) is 5.10 Å². The highest BCUT2D eigenvalue weighted by atomic mass is 127. The maximum absolute atomic E-state index is 12.0. The first-order valence-corrected chi connectivity index (χ1v) is 10.3. The molecule has 0 bridgehead atoms. The Labute approximate surface area is 192 Å². The highest BCUT2D eigenvalue weighted by Crippen LogP contribution is 2.14. The lowest BCUT2D eigenvalue weighted by Crippen LogP contribution is -2.20. The quantitative estimate of drug-likeness (QED) is 0.262. The maximum Gasteiger partial charge on any atom is 0.271 e. The molecular weight excluding hydrogens is 517 g/mol. The molecule has 0 aromatic heterocycles. The number of ether oxygens (including phenoxy) is 1. The van der Waals surface area contributed by atoms with Crippen molar-refractivity contribution in [2.75, 3.05) is 11.9 Å². The molecule has 0 fully saturated rings. The number of nitrogens with zero attached hydrogens (tertiary/aromatic N) is 1. The van der Waals surface area contributed by atoms with Crippen LogP contribution < -0.4 is 15.5 Å². The van der Waals surface area contributed by atoms with Gasteiger partial charge >= 0.3 is 0 Å². The lowest BCUT2D eigenvalue weighted by Gasteiger charge is -2.08. The van der Waals surface area contributed by atoms with Gasteiger partial charge in [-0.1, -0.05) is 17.7 Å². The molecule has 3 rings (SSSR count). The third kappa shape index (κ3) is 6.85. The normalized spacial score (nSPS) is 10.6. The number of anilines is 1. The molecule has 30 heavy (non-hydrogen) atoms. The van der Waals surface area contributed by atoms with Gasteiger partial charge in [-0.25, -0.2) is 5.43 Å². The van der Waals surface area contributed by atoms with E-state index in [1.54, 1.807) is 60.7 Å². The fraction of sp³-hybridized carbons (Fsp3) is 0.0455. The van der Waals surface area contributed by atoms with Crippen LogP contribution in [0.4, 0.5) is 5.69 Å². The van der Waals surface area contributed by atoms with Crippen molar-refractivity contribution >= 4 is 57.9 Å². The molecule has 0 radical (unpaired) electrons. The Kier molecular flexibility index (Phi) is 7.81. The van der Waals surface area contributed by atoms with Gasteiger partial charge in [-0.15, -0.1) is 0 Å². The second-order valence-corrected chi connectivity index (χ2v) is 7.80. The van der Waals surface area contributed by atoms with Crippen molar-refractivity contribution in [2.45, 2.75) is 0 Å². The van der Waals surface area contributed by atoms with E-state index in [9.17, 15) is 9.59 Å². The summed E-state index contributed by atoms with van der Waals surface area (Å²) in [6, 6.07) is 21.0. The summed E-state index contributed by atoms with van der Waals surface area (Å²) in [6.45, 7) is -0.123. The summed E-state index contributed by atoms with van der Waals surface area (Å²) in [5.74, 6) is -0.0148. The summed E-state index contributed by atoms with van der Waals surface area (Å²) in [5.41, 5.74) is 4.45. The van der Waals surface area contributed by atoms with Crippen LogP contribution in [0.2, 0.25) is 5.02 Å². The Morgan fingerprint density at radius 1 is 1.03 bits per heavy atom. The predicted octanol–water partition coefficient (Wildman–Crippen LogP) is 4.73. The van der Waals surface area contributed by atoms with E-state index in [2.05, 4.69) is 38.4 Å². The second kappa shape index (κ2) is 10.7. The van der Waals surface area contributed by atoms with Crippen LogP contribution in [0.15, 0.2) is 77.9 Å². The Morgan fingerprint density at radius 3 is 2.47 bits per heavy atom. The molecule has 0 heterocycles. The average Bonchev–Trinajstić information content (AvgIpc) is 2.75. The van der Waals surface area contributed by atoms with Crippen LogP contribution in [0, 0.1) is 3.57 Å². The number of halogens is 2. The Bertz CT molecular complexity index is 1050. The molecule has 3 aromatic carbocycles. The van der Waals surface area contributed by atoms with Gasteiger partial charge in [-0.05, 0) is 94.9 Å². The predicted molar refractivity (Wildman–Crippen MR) is 126 cm³/mol. The fourth-order valence-electron chi connectivity index (χ4n) is 2.39. The van der Waals surface area contributed by atoms with Gasteiger partial charge in [0, 0.05) is 19.8 Å². The summed E-state index contributed by atoms with van der Waals surface area (Å²) >= 11 is 7.96. The molecule has 152 valence electrons. The monoisotopic (exact) mass is 533 g/mol. The third-order valence-electron chi connectivity index (χ3n) is 3.84. The number of amides is 2. The molecule has 0 unspecified atom stereocenters. The number of hydrogen-bond donors (Lipinski definition) is 2. The van der Waals surface area contributed by atoms with Gasteiger partial charge < -0.3 is 10.1 Å². The van der Waals surface area contributed by atoms with Crippen LogP contribution in [-0.4, -0.2) is 24.6 Å². The van der Waals surface area contributed by atoms with Gasteiger partial charge in [-0.2, -0.15) is 5.10 Å². The molecule has 0 atom stereocenters. The number of carbonyl (C=O) groups excluding carboxylic acids is 2. The molecule has 3 aromatic rings. The number of hydrazone groups is 1. The maximum atomic E-state index is 12.0. The van der Waals surface area contributed by atoms with Crippen molar-refractivity contribution in [3.05, 3.63) is 92.5 Å². The van der Waals surface area contributed by atoms with Gasteiger partial charge in [0.25, 0.3) is 11.8 Å². The smallest absolute Gasteiger partial charge is 0.271 e. The van der Waals surface area contributed by atoms with Gasteiger partial charge in [0.1, 0.15) is 5.75 Å². The topological polar surface area (TPSA) is 79.8 Å². The van der Waals surface area contributed by atoms with Gasteiger partial charge in [0.05, 0.1) is 6.21 Å². The SMILES string of the molecule is O=C(COc1ccc(/C=N\NC(=O)c2cccc(I)c2)cc1)Nc1ccc(Cl)cc1. The minimum Gasteiger partial charge on any atom is -0.484 e. The molecule has 0 aliphatic rings. The molecular formula is C22H17ClIN3O3. The summed E-state index contributed by atoms with van der Waals surface area (Å²) in [4.78, 5) is 24.0. The Hall–Kier alpha value is -2.91. The number of hydrogen-bond acceptors (Lipinski definition) is 4. The van der Waals surface area contributed by atoms with E-state index < -0.39 is 0 Å². The van der Waals surface area contributed by atoms with E-state index in [0.29, 0.717) is 22.0 Å². The largest absolute Gasteiger partial charge is 0.484 e. The molecule has 0 aliphatic heterocycles. The summed E-state index contributed by atoms with van der Waals surface area (Å²) in [6.07, 6.45) is 1.53. The number of carbonyl (C=O) groups is 2. The minimum absolute atomic E-state index is 0.123. The van der Waals surface area contributed by atoms with Gasteiger partial charge in [-0.3, -0.25) is 9.59 Å². The zero-order valence-electron chi connectivity index (χ0n) is 15.6. The van der Waals surface area contributed by atoms with Crippen molar-refractivity contribution in [3.8, 4) is 5.75 Å². The molecule has 8 heteroatoms. The summed E-state index contributed by atoms with van der Waals surface area (Å²) in [7, 11) is 0. The van der Waals surface area contributed by atoms with E-state index >= 15 is 0 Å². The first-order valence-electron chi connectivity index (χ1n) is 8.87. The molecule has 0 aliphatic carbocycles. The first-order chi connectivity index (χ1) is 14.5. The zero-order valence-corrected chi connectivity index (χ0v) is 18.6. The van der Waals surface area contributed by atoms with Crippen molar-refractivity contribution in [1.82, 2.24) is 5.43 Å². The van der Waals surface area contributed by atoms with Crippen molar-refractivity contribution in [3.63, 3.8) is 0 Å². The van der Waals surface area contributed by atoms with Crippen LogP contribution in [0.5, 0.6) is 5.75 Å². The van der Waals surface area contributed by atoms with E-state index in [1.165, 1.54) is 6.21 Å². The number of benzene rings is 3. The zero-order chi connectivity index (χ0) is 21.3. The van der Waals surface area contributed by atoms with Crippen molar-refractivity contribution < 1.29 is 14.3 Å². The number of nitrogens with one attached hydrogen (secondary N) is 2. The Morgan fingerprint density at radius 2 is 1.77 bits per heavy atom. The fourth-order valence-corrected chi connectivity index (χ4v) is 3.06. The van der Waals surface area contributed by atoms with Gasteiger partial charge in [0.2, 0.25) is 0 Å². The molecule has 2 N–H and O–H groups in total. The molecule has 0 spiro atoms. The Balaban J connectivity index is 1.46. The standard InChI is InChI=1S/C22H17ClIN3O3/c23-17-6-8-19(9-7-17)26-21(28)14-30-20-10-4-15(5-11-20)13-25-27-22(29)16-2-1-3-18(24)12-16/h1-13H,14H2,(H,26,28)(H,27,29)/b25-13-. The van der Waals surface area contributed by atoms with Crippen LogP contribution in [-0.2, 0) is 4.79 Å².